The molecule has 0 atom stereocenters. The molecular formula is C26H35N3O2. The molecule has 2 aromatic carbocycles. The maximum Gasteiger partial charge on any atom is 0.254 e. The van der Waals surface area contributed by atoms with E-state index in [-0.39, 0.29) is 11.4 Å². The molecule has 2 aliphatic rings. The van der Waals surface area contributed by atoms with Crippen LogP contribution in [-0.2, 0) is 19.5 Å². The van der Waals surface area contributed by atoms with Gasteiger partial charge in [0.1, 0.15) is 5.75 Å². The molecule has 2 aromatic rings. The smallest absolute Gasteiger partial charge is 0.254 e. The fourth-order valence-electron chi connectivity index (χ4n) is 4.71. The SMILES string of the molecule is Cc1cc(CCC(C)(C)N2Cc3cccc(C(=O)N4CCN(C)CC4)c3C2)ccc1O. The molecule has 2 heterocycles. The first-order chi connectivity index (χ1) is 14.7. The summed E-state index contributed by atoms with van der Waals surface area (Å²) in [6, 6.07) is 12.1. The van der Waals surface area contributed by atoms with Crippen molar-refractivity contribution in [3.8, 4) is 5.75 Å². The number of benzene rings is 2. The van der Waals surface area contributed by atoms with Crippen molar-refractivity contribution in [2.75, 3.05) is 33.2 Å². The Morgan fingerprint density at radius 1 is 1.06 bits per heavy atom. The zero-order valence-electron chi connectivity index (χ0n) is 19.3. The summed E-state index contributed by atoms with van der Waals surface area (Å²) in [5.74, 6) is 0.541. The fraction of sp³-hybridized carbons (Fsp3) is 0.500. The number of hydrogen-bond donors (Lipinski definition) is 1. The Labute approximate surface area is 186 Å². The summed E-state index contributed by atoms with van der Waals surface area (Å²) < 4.78 is 0. The number of nitrogens with zero attached hydrogens (tertiary/aromatic N) is 3. The molecule has 5 heteroatoms. The average Bonchev–Trinajstić information content (AvgIpc) is 3.20. The molecule has 1 N–H and O–H groups in total. The Hall–Kier alpha value is -2.37. The Morgan fingerprint density at radius 3 is 2.52 bits per heavy atom. The van der Waals surface area contributed by atoms with Crippen LogP contribution in [0.15, 0.2) is 36.4 Å². The molecule has 0 aliphatic carbocycles. The highest BCUT2D eigenvalue weighted by Crippen LogP contribution is 2.34. The number of amides is 1. The lowest BCUT2D eigenvalue weighted by Crippen LogP contribution is -2.47. The Morgan fingerprint density at radius 2 is 1.81 bits per heavy atom. The van der Waals surface area contributed by atoms with Crippen LogP contribution in [-0.4, -0.2) is 64.5 Å². The number of phenols is 1. The average molecular weight is 422 g/mol. The minimum atomic E-state index is 0.0129. The maximum absolute atomic E-state index is 13.3. The largest absolute Gasteiger partial charge is 0.508 e. The molecule has 1 saturated heterocycles. The van der Waals surface area contributed by atoms with Crippen molar-refractivity contribution < 1.29 is 9.90 Å². The van der Waals surface area contributed by atoms with Gasteiger partial charge in [-0.15, -0.1) is 0 Å². The van der Waals surface area contributed by atoms with E-state index in [1.807, 2.05) is 30.0 Å². The van der Waals surface area contributed by atoms with Gasteiger partial charge in [0.05, 0.1) is 0 Å². The number of aromatic hydroxyl groups is 1. The molecule has 0 spiro atoms. The summed E-state index contributed by atoms with van der Waals surface area (Å²) in [6.07, 6.45) is 1.99. The molecule has 1 fully saturated rings. The number of fused-ring (bicyclic) bond motifs is 1. The third kappa shape index (κ3) is 4.63. The van der Waals surface area contributed by atoms with Gasteiger partial charge in [-0.2, -0.15) is 0 Å². The van der Waals surface area contributed by atoms with E-state index in [0.29, 0.717) is 5.75 Å². The Bertz CT molecular complexity index is 961. The zero-order valence-corrected chi connectivity index (χ0v) is 19.3. The van der Waals surface area contributed by atoms with Crippen LogP contribution < -0.4 is 0 Å². The summed E-state index contributed by atoms with van der Waals surface area (Å²) in [5.41, 5.74) is 5.57. The summed E-state index contributed by atoms with van der Waals surface area (Å²) in [7, 11) is 2.11. The van der Waals surface area contributed by atoms with Crippen molar-refractivity contribution in [3.05, 3.63) is 64.2 Å². The molecule has 0 aromatic heterocycles. The van der Waals surface area contributed by atoms with Crippen molar-refractivity contribution in [2.45, 2.75) is 52.2 Å². The molecule has 2 aliphatic heterocycles. The van der Waals surface area contributed by atoms with Gasteiger partial charge in [0.25, 0.3) is 5.91 Å². The molecule has 1 amide bonds. The molecule has 31 heavy (non-hydrogen) atoms. The predicted octanol–water partition coefficient (Wildman–Crippen LogP) is 3.82. The zero-order chi connectivity index (χ0) is 22.2. The van der Waals surface area contributed by atoms with E-state index >= 15 is 0 Å². The summed E-state index contributed by atoms with van der Waals surface area (Å²) in [6.45, 7) is 11.8. The van der Waals surface area contributed by atoms with E-state index in [1.54, 1.807) is 6.07 Å². The lowest BCUT2D eigenvalue weighted by molar-refractivity contribution is 0.0660. The van der Waals surface area contributed by atoms with Crippen LogP contribution in [0.3, 0.4) is 0 Å². The minimum absolute atomic E-state index is 0.0129. The van der Waals surface area contributed by atoms with Gasteiger partial charge in [0, 0.05) is 50.4 Å². The van der Waals surface area contributed by atoms with Crippen molar-refractivity contribution in [1.82, 2.24) is 14.7 Å². The lowest BCUT2D eigenvalue weighted by Gasteiger charge is -2.36. The number of hydrogen-bond acceptors (Lipinski definition) is 4. The second-order valence-corrected chi connectivity index (χ2v) is 9.83. The Balaban J connectivity index is 1.45. The number of phenolic OH excluding ortho intramolecular Hbond substituents is 1. The number of rotatable bonds is 5. The molecular weight excluding hydrogens is 386 g/mol. The van der Waals surface area contributed by atoms with E-state index in [9.17, 15) is 9.90 Å². The highest BCUT2D eigenvalue weighted by molar-refractivity contribution is 5.96. The van der Waals surface area contributed by atoms with Crippen molar-refractivity contribution >= 4 is 5.91 Å². The predicted molar refractivity (Wildman–Crippen MR) is 124 cm³/mol. The number of likely N-dealkylation sites (N-methyl/N-ethyl adjacent to an activating group) is 1. The van der Waals surface area contributed by atoms with E-state index < -0.39 is 0 Å². The minimum Gasteiger partial charge on any atom is -0.508 e. The third-order valence-electron chi connectivity index (χ3n) is 7.15. The van der Waals surface area contributed by atoms with Gasteiger partial charge in [0.2, 0.25) is 0 Å². The van der Waals surface area contributed by atoms with Gasteiger partial charge in [-0.25, -0.2) is 0 Å². The van der Waals surface area contributed by atoms with Crippen molar-refractivity contribution in [1.29, 1.82) is 0 Å². The molecule has 0 unspecified atom stereocenters. The van der Waals surface area contributed by atoms with Crippen molar-refractivity contribution in [2.24, 2.45) is 0 Å². The normalized spacial score (nSPS) is 17.7. The quantitative estimate of drug-likeness (QED) is 0.797. The van der Waals surface area contributed by atoms with E-state index in [0.717, 1.165) is 63.2 Å². The lowest BCUT2D eigenvalue weighted by atomic mass is 9.93. The summed E-state index contributed by atoms with van der Waals surface area (Å²) in [4.78, 5) is 20.1. The van der Waals surface area contributed by atoms with Gasteiger partial charge in [-0.3, -0.25) is 9.69 Å². The van der Waals surface area contributed by atoms with Crippen LogP contribution in [0.1, 0.15) is 52.9 Å². The number of carbonyl (C=O) groups excluding carboxylic acids is 1. The van der Waals surface area contributed by atoms with Crippen LogP contribution in [0.4, 0.5) is 0 Å². The number of aryl methyl sites for hydroxylation is 2. The molecule has 4 rings (SSSR count). The summed E-state index contributed by atoms with van der Waals surface area (Å²) >= 11 is 0. The first kappa shape index (κ1) is 21.8. The first-order valence-electron chi connectivity index (χ1n) is 11.4. The van der Waals surface area contributed by atoms with Crippen LogP contribution in [0.25, 0.3) is 0 Å². The molecule has 0 radical (unpaired) electrons. The second-order valence-electron chi connectivity index (χ2n) is 9.83. The van der Waals surface area contributed by atoms with E-state index in [1.165, 1.54) is 16.7 Å². The van der Waals surface area contributed by atoms with Crippen LogP contribution in [0.5, 0.6) is 5.75 Å². The standard InChI is InChI=1S/C26H35N3O2/c1-19-16-20(8-9-24(19)30)10-11-26(2,3)29-17-21-6-5-7-22(23(21)18-29)25(31)28-14-12-27(4)13-15-28/h5-9,16,30H,10-15,17-18H2,1-4H3. The van der Waals surface area contributed by atoms with Gasteiger partial charge in [-0.1, -0.05) is 24.3 Å². The molecule has 0 bridgehead atoms. The van der Waals surface area contributed by atoms with Crippen LogP contribution >= 0.6 is 0 Å². The molecule has 5 nitrogen and oxygen atoms in total. The number of carbonyl (C=O) groups is 1. The monoisotopic (exact) mass is 421 g/mol. The molecule has 0 saturated carbocycles. The number of piperazine rings is 1. The van der Waals surface area contributed by atoms with Gasteiger partial charge < -0.3 is 14.9 Å². The fourth-order valence-corrected chi connectivity index (χ4v) is 4.71. The van der Waals surface area contributed by atoms with Gasteiger partial charge >= 0.3 is 0 Å². The third-order valence-corrected chi connectivity index (χ3v) is 7.15. The van der Waals surface area contributed by atoms with Crippen LogP contribution in [0, 0.1) is 6.92 Å². The highest BCUT2D eigenvalue weighted by atomic mass is 16.3. The van der Waals surface area contributed by atoms with Gasteiger partial charge in [0.15, 0.2) is 0 Å². The van der Waals surface area contributed by atoms with E-state index in [4.69, 9.17) is 0 Å². The highest BCUT2D eigenvalue weighted by Gasteiger charge is 2.34. The van der Waals surface area contributed by atoms with Crippen LogP contribution in [0.2, 0.25) is 0 Å². The first-order valence-corrected chi connectivity index (χ1v) is 11.4. The second kappa shape index (κ2) is 8.64. The van der Waals surface area contributed by atoms with E-state index in [2.05, 4.69) is 42.8 Å². The Kier molecular flexibility index (Phi) is 6.09. The topological polar surface area (TPSA) is 47.0 Å². The van der Waals surface area contributed by atoms with Crippen molar-refractivity contribution in [3.63, 3.8) is 0 Å². The maximum atomic E-state index is 13.3. The van der Waals surface area contributed by atoms with Gasteiger partial charge in [-0.05, 0) is 75.0 Å². The molecule has 166 valence electrons. The summed E-state index contributed by atoms with van der Waals surface area (Å²) in [5, 5.41) is 9.78.